The fourth-order valence-corrected chi connectivity index (χ4v) is 5.81. The number of aromatic amines is 1. The molecule has 6 rings (SSSR count). The maximum atomic E-state index is 13.2. The fourth-order valence-electron chi connectivity index (χ4n) is 5.81. The van der Waals surface area contributed by atoms with Crippen LogP contribution in [0.4, 0.5) is 0 Å². The predicted molar refractivity (Wildman–Crippen MR) is 141 cm³/mol. The van der Waals surface area contributed by atoms with E-state index in [0.29, 0.717) is 29.9 Å². The van der Waals surface area contributed by atoms with Crippen LogP contribution in [0.15, 0.2) is 45.7 Å². The van der Waals surface area contributed by atoms with Gasteiger partial charge in [-0.25, -0.2) is 10.0 Å². The van der Waals surface area contributed by atoms with Gasteiger partial charge in [-0.15, -0.1) is 4.68 Å². The van der Waals surface area contributed by atoms with Crippen molar-refractivity contribution in [1.29, 1.82) is 0 Å². The molecular weight excluding hydrogens is 486 g/mol. The molecule has 2 fully saturated rings. The molecular formula is C27H32N7O4+. The Kier molecular flexibility index (Phi) is 6.30. The first kappa shape index (κ1) is 24.5. The Morgan fingerprint density at radius 2 is 2.03 bits per heavy atom. The third kappa shape index (κ3) is 4.40. The van der Waals surface area contributed by atoms with Crippen molar-refractivity contribution in [2.45, 2.75) is 62.9 Å². The first-order chi connectivity index (χ1) is 18.4. The molecule has 1 unspecified atom stereocenters. The van der Waals surface area contributed by atoms with Gasteiger partial charge in [0, 0.05) is 50.3 Å². The molecule has 2 saturated carbocycles. The molecule has 2 aliphatic heterocycles. The summed E-state index contributed by atoms with van der Waals surface area (Å²) in [6, 6.07) is 4.15. The van der Waals surface area contributed by atoms with Crippen LogP contribution in [0.5, 0.6) is 5.75 Å². The molecule has 0 bridgehead atoms. The number of rotatable bonds is 5. The van der Waals surface area contributed by atoms with Crippen LogP contribution < -0.4 is 9.42 Å². The Hall–Kier alpha value is -3.86. The average Bonchev–Trinajstić information content (AvgIpc) is 3.53. The van der Waals surface area contributed by atoms with Crippen molar-refractivity contribution in [3.63, 3.8) is 0 Å². The van der Waals surface area contributed by atoms with Crippen LogP contribution in [0, 0.1) is 5.92 Å². The van der Waals surface area contributed by atoms with Crippen LogP contribution in [-0.4, -0.2) is 82.5 Å². The predicted octanol–water partition coefficient (Wildman–Crippen LogP) is 1.98. The first-order valence-corrected chi connectivity index (χ1v) is 13.1. The number of ether oxygens (including phenoxy) is 1. The molecule has 0 spiro atoms. The van der Waals surface area contributed by atoms with E-state index in [4.69, 9.17) is 4.74 Å². The minimum Gasteiger partial charge on any atom is -0.496 e. The number of nitrogens with zero attached hydrogens (tertiary/aromatic N) is 6. The van der Waals surface area contributed by atoms with Crippen LogP contribution >= 0.6 is 0 Å². The number of benzene rings is 1. The second kappa shape index (κ2) is 9.79. The van der Waals surface area contributed by atoms with Crippen molar-refractivity contribution in [1.82, 2.24) is 15.0 Å². The van der Waals surface area contributed by atoms with Crippen molar-refractivity contribution in [2.24, 2.45) is 21.0 Å². The number of methoxy groups -OCH3 is 1. The smallest absolute Gasteiger partial charge is 0.281 e. The second-order valence-corrected chi connectivity index (χ2v) is 10.5. The minimum atomic E-state index is -0.419. The number of aliphatic hydroxyl groups excluding tert-OH is 1. The molecule has 0 saturated heterocycles. The number of carbonyl (C=O) groups is 2. The minimum absolute atomic E-state index is 0.0278. The number of hydrogen-bond donors (Lipinski definition) is 2. The molecule has 2 N–H and O–H groups in total. The molecule has 1 aromatic carbocycles. The van der Waals surface area contributed by atoms with E-state index in [0.717, 1.165) is 36.6 Å². The van der Waals surface area contributed by atoms with Crippen LogP contribution in [0.25, 0.3) is 10.9 Å². The number of carbonyl (C=O) groups excluding carboxylic acids is 2. The lowest BCUT2D eigenvalue weighted by Gasteiger charge is -2.38. The summed E-state index contributed by atoms with van der Waals surface area (Å²) in [5, 5.41) is 19.8. The highest BCUT2D eigenvalue weighted by atomic mass is 16.5. The lowest BCUT2D eigenvalue weighted by Crippen LogP contribution is -2.49. The summed E-state index contributed by atoms with van der Waals surface area (Å²) in [7, 11) is 3.44. The summed E-state index contributed by atoms with van der Waals surface area (Å²) in [5.74, 6) is 0.176. The number of aliphatic imine (C=N–C) groups is 2. The van der Waals surface area contributed by atoms with Gasteiger partial charge in [0.1, 0.15) is 17.0 Å². The Balaban J connectivity index is 1.16. The van der Waals surface area contributed by atoms with Gasteiger partial charge in [0.25, 0.3) is 5.91 Å². The van der Waals surface area contributed by atoms with E-state index in [1.54, 1.807) is 36.8 Å². The maximum Gasteiger partial charge on any atom is 0.281 e. The zero-order chi connectivity index (χ0) is 26.4. The Morgan fingerprint density at radius 3 is 2.76 bits per heavy atom. The standard InChI is InChI=1S/C27H31N7O4/c1-32(27(37)16-10-20(35)11-16)18-4-6-19(7-5-18)34-15-17-12-21(24(38-2)13-22(17)31-34)26(36)30-23-14-29-33-9-3-8-28-25(23)33/h3,8-9,12-16,18-20,25,35H,4-7,10-11H2,1-2H3/p+1. The van der Waals surface area contributed by atoms with Crippen molar-refractivity contribution < 1.29 is 24.1 Å². The lowest BCUT2D eigenvalue weighted by molar-refractivity contribution is -0.774. The molecule has 4 aliphatic rings. The Labute approximate surface area is 220 Å². The molecule has 38 heavy (non-hydrogen) atoms. The molecule has 3 heterocycles. The highest BCUT2D eigenvalue weighted by Gasteiger charge is 2.38. The van der Waals surface area contributed by atoms with E-state index in [1.165, 1.54) is 0 Å². The number of hydrazone groups is 1. The molecule has 2 aliphatic carbocycles. The summed E-state index contributed by atoms with van der Waals surface area (Å²) >= 11 is 0. The molecule has 11 heteroatoms. The van der Waals surface area contributed by atoms with Crippen molar-refractivity contribution in [2.75, 3.05) is 14.2 Å². The van der Waals surface area contributed by atoms with Gasteiger partial charge in [0.05, 0.1) is 30.4 Å². The second-order valence-electron chi connectivity index (χ2n) is 10.5. The number of hydrogen-bond acceptors (Lipinski definition) is 7. The quantitative estimate of drug-likeness (QED) is 0.586. The molecule has 1 atom stereocenters. The SMILES string of the molecule is COc1cc2[nH][n+](C3CCC(N(C)C(=O)C4CC(O)C4)CC3)cc2cc1C(=O)N=C1C=NN2C=CC=NC12. The van der Waals surface area contributed by atoms with Crippen LogP contribution in [0.2, 0.25) is 0 Å². The summed E-state index contributed by atoms with van der Waals surface area (Å²) in [5.41, 5.74) is 1.74. The van der Waals surface area contributed by atoms with E-state index in [2.05, 4.69) is 24.9 Å². The molecule has 11 nitrogen and oxygen atoms in total. The molecule has 2 amide bonds. The monoisotopic (exact) mass is 518 g/mol. The maximum absolute atomic E-state index is 13.2. The topological polar surface area (TPSA) is 127 Å². The van der Waals surface area contributed by atoms with Gasteiger partial charge in [0.15, 0.2) is 12.2 Å². The van der Waals surface area contributed by atoms with Crippen LogP contribution in [0.1, 0.15) is 54.9 Å². The van der Waals surface area contributed by atoms with Gasteiger partial charge in [-0.2, -0.15) is 10.2 Å². The van der Waals surface area contributed by atoms with E-state index in [9.17, 15) is 14.7 Å². The van der Waals surface area contributed by atoms with Gasteiger partial charge in [-0.05, 0) is 37.8 Å². The molecule has 1 aromatic heterocycles. The first-order valence-electron chi connectivity index (χ1n) is 13.1. The van der Waals surface area contributed by atoms with Gasteiger partial charge < -0.3 is 14.7 Å². The van der Waals surface area contributed by atoms with Crippen molar-refractivity contribution >= 4 is 40.9 Å². The number of allylic oxidation sites excluding steroid dienone is 1. The van der Waals surface area contributed by atoms with Crippen LogP contribution in [-0.2, 0) is 4.79 Å². The number of nitrogens with one attached hydrogen (secondary N) is 1. The molecule has 198 valence electrons. The molecule has 2 aromatic rings. The van der Waals surface area contributed by atoms with Crippen molar-refractivity contribution in [3.8, 4) is 5.75 Å². The largest absolute Gasteiger partial charge is 0.496 e. The highest BCUT2D eigenvalue weighted by molar-refractivity contribution is 6.37. The van der Waals surface area contributed by atoms with Crippen LogP contribution in [0.3, 0.4) is 0 Å². The zero-order valence-electron chi connectivity index (χ0n) is 21.5. The summed E-state index contributed by atoms with van der Waals surface area (Å²) in [4.78, 5) is 36.4. The van der Waals surface area contributed by atoms with Gasteiger partial charge in [-0.3, -0.25) is 14.6 Å². The Bertz CT molecular complexity index is 1380. The van der Waals surface area contributed by atoms with E-state index >= 15 is 0 Å². The zero-order valence-corrected chi connectivity index (χ0v) is 21.5. The van der Waals surface area contributed by atoms with Gasteiger partial charge in [-0.1, -0.05) is 0 Å². The average molecular weight is 519 g/mol. The Morgan fingerprint density at radius 1 is 1.24 bits per heavy atom. The highest BCUT2D eigenvalue weighted by Crippen LogP contribution is 2.33. The summed E-state index contributed by atoms with van der Waals surface area (Å²) < 4.78 is 7.65. The summed E-state index contributed by atoms with van der Waals surface area (Å²) in [6.07, 6.45) is 13.0. The van der Waals surface area contributed by atoms with E-state index in [1.807, 2.05) is 30.3 Å². The number of aromatic nitrogens is 2. The van der Waals surface area contributed by atoms with Gasteiger partial charge in [0.2, 0.25) is 12.1 Å². The molecule has 0 radical (unpaired) electrons. The fraction of sp³-hybridized carbons (Fsp3) is 0.481. The van der Waals surface area contributed by atoms with Crippen molar-refractivity contribution in [3.05, 3.63) is 36.2 Å². The lowest BCUT2D eigenvalue weighted by atomic mass is 9.80. The number of H-pyrrole nitrogens is 1. The normalized spacial score (nSPS) is 29.0. The van der Waals surface area contributed by atoms with E-state index < -0.39 is 12.1 Å². The van der Waals surface area contributed by atoms with E-state index in [-0.39, 0.29) is 30.0 Å². The van der Waals surface area contributed by atoms with Gasteiger partial charge >= 0.3 is 0 Å². The summed E-state index contributed by atoms with van der Waals surface area (Å²) in [6.45, 7) is 0. The third-order valence-corrected chi connectivity index (χ3v) is 8.17. The number of fused-ring (bicyclic) bond motifs is 2. The third-order valence-electron chi connectivity index (χ3n) is 8.17. The number of aliphatic hydroxyl groups is 1. The number of amides is 2.